The van der Waals surface area contributed by atoms with Crippen molar-refractivity contribution in [3.63, 3.8) is 0 Å². The molecule has 1 rings (SSSR count). The van der Waals surface area contributed by atoms with E-state index in [0.29, 0.717) is 0 Å². The molecule has 1 amide bonds. The van der Waals surface area contributed by atoms with Gasteiger partial charge in [-0.15, -0.1) is 0 Å². The molecule has 0 saturated carbocycles. The first-order valence-corrected chi connectivity index (χ1v) is 6.48. The van der Waals surface area contributed by atoms with Crippen LogP contribution < -0.4 is 10.4 Å². The van der Waals surface area contributed by atoms with Gasteiger partial charge in [0.05, 0.1) is 12.6 Å². The SMILES string of the molecule is CC(=O)N[C@H]1[C@H]([C@H](O)[C@H](O)CO)O[C@](O)(C(=O)[O-])C[C@@H]1C. The summed E-state index contributed by atoms with van der Waals surface area (Å²) < 4.78 is 4.96. The summed E-state index contributed by atoms with van der Waals surface area (Å²) in [4.78, 5) is 22.2. The van der Waals surface area contributed by atoms with E-state index in [1.807, 2.05) is 0 Å². The summed E-state index contributed by atoms with van der Waals surface area (Å²) in [6.07, 6.45) is -5.12. The minimum Gasteiger partial charge on any atom is -0.544 e. The van der Waals surface area contributed by atoms with Gasteiger partial charge in [-0.3, -0.25) is 4.79 Å². The molecule has 122 valence electrons. The Balaban J connectivity index is 3.07. The van der Waals surface area contributed by atoms with Crippen molar-refractivity contribution >= 4 is 11.9 Å². The molecule has 1 aliphatic heterocycles. The molecule has 0 aromatic carbocycles. The van der Waals surface area contributed by atoms with Crippen molar-refractivity contribution in [2.24, 2.45) is 5.92 Å². The molecule has 0 aromatic heterocycles. The second-order valence-electron chi connectivity index (χ2n) is 5.30. The number of hydrogen-bond donors (Lipinski definition) is 5. The van der Waals surface area contributed by atoms with Crippen LogP contribution in [-0.4, -0.2) is 69.1 Å². The Morgan fingerprint density at radius 1 is 1.48 bits per heavy atom. The number of carbonyl (C=O) groups is 2. The van der Waals surface area contributed by atoms with Crippen LogP contribution in [0.25, 0.3) is 0 Å². The molecule has 0 bridgehead atoms. The van der Waals surface area contributed by atoms with Crippen LogP contribution in [0.4, 0.5) is 0 Å². The molecule has 1 fully saturated rings. The van der Waals surface area contributed by atoms with E-state index in [1.54, 1.807) is 6.92 Å². The maximum Gasteiger partial charge on any atom is 0.217 e. The van der Waals surface area contributed by atoms with E-state index in [-0.39, 0.29) is 6.42 Å². The Morgan fingerprint density at radius 2 is 2.05 bits per heavy atom. The maximum absolute atomic E-state index is 11.2. The lowest BCUT2D eigenvalue weighted by Crippen LogP contribution is -2.66. The standard InChI is InChI=1S/C12H21NO8/c1-5-3-12(20,11(18)19)21-10(8(5)13-6(2)15)9(17)7(16)4-14/h5,7-10,14,16-17,20H,3-4H2,1-2H3,(H,13,15)(H,18,19)/p-1/t5-,7+,8+,9+,10+,12-/m0/s1. The highest BCUT2D eigenvalue weighted by Crippen LogP contribution is 2.33. The van der Waals surface area contributed by atoms with E-state index in [9.17, 15) is 30.0 Å². The third-order valence-corrected chi connectivity index (χ3v) is 3.50. The zero-order valence-corrected chi connectivity index (χ0v) is 11.7. The maximum atomic E-state index is 11.2. The Labute approximate surface area is 121 Å². The minimum absolute atomic E-state index is 0.362. The third kappa shape index (κ3) is 3.89. The van der Waals surface area contributed by atoms with Crippen molar-refractivity contribution in [2.45, 2.75) is 50.4 Å². The Kier molecular flexibility index (Phi) is 5.65. The van der Waals surface area contributed by atoms with Gasteiger partial charge in [0.2, 0.25) is 11.7 Å². The number of carboxylic acid groups (broad SMARTS) is 1. The second-order valence-corrected chi connectivity index (χ2v) is 5.30. The van der Waals surface area contributed by atoms with E-state index in [2.05, 4.69) is 5.32 Å². The smallest absolute Gasteiger partial charge is 0.217 e. The number of amides is 1. The Hall–Kier alpha value is -1.26. The fourth-order valence-electron chi connectivity index (χ4n) is 2.43. The highest BCUT2D eigenvalue weighted by molar-refractivity contribution is 5.74. The van der Waals surface area contributed by atoms with Crippen LogP contribution in [0.3, 0.4) is 0 Å². The fourth-order valence-corrected chi connectivity index (χ4v) is 2.43. The van der Waals surface area contributed by atoms with E-state index >= 15 is 0 Å². The van der Waals surface area contributed by atoms with Gasteiger partial charge >= 0.3 is 0 Å². The molecule has 0 spiro atoms. The highest BCUT2D eigenvalue weighted by atomic mass is 16.7. The number of rotatable bonds is 5. The summed E-state index contributed by atoms with van der Waals surface area (Å²) in [6, 6.07) is -0.849. The van der Waals surface area contributed by atoms with E-state index in [0.717, 1.165) is 0 Å². The van der Waals surface area contributed by atoms with Crippen molar-refractivity contribution < 1.29 is 39.9 Å². The van der Waals surface area contributed by atoms with Crippen LogP contribution in [-0.2, 0) is 14.3 Å². The molecular formula is C12H20NO8-. The third-order valence-electron chi connectivity index (χ3n) is 3.50. The first-order valence-electron chi connectivity index (χ1n) is 6.48. The summed E-state index contributed by atoms with van der Waals surface area (Å²) in [7, 11) is 0. The number of aliphatic hydroxyl groups excluding tert-OH is 3. The Morgan fingerprint density at radius 3 is 2.48 bits per heavy atom. The van der Waals surface area contributed by atoms with Gasteiger partial charge in [0, 0.05) is 13.3 Å². The summed E-state index contributed by atoms with van der Waals surface area (Å²) >= 11 is 0. The van der Waals surface area contributed by atoms with Gasteiger partial charge in [-0.25, -0.2) is 0 Å². The number of carboxylic acids is 1. The quantitative estimate of drug-likeness (QED) is 0.344. The van der Waals surface area contributed by atoms with Crippen LogP contribution in [0.1, 0.15) is 20.3 Å². The first kappa shape index (κ1) is 17.8. The molecule has 0 unspecified atom stereocenters. The number of carbonyl (C=O) groups excluding carboxylic acids is 2. The zero-order chi connectivity index (χ0) is 16.4. The van der Waals surface area contributed by atoms with Crippen LogP contribution in [0.2, 0.25) is 0 Å². The average Bonchev–Trinajstić information content (AvgIpc) is 2.39. The van der Waals surface area contributed by atoms with Gasteiger partial charge in [-0.1, -0.05) is 6.92 Å². The fraction of sp³-hybridized carbons (Fsp3) is 0.833. The Bertz CT molecular complexity index is 403. The number of hydrogen-bond acceptors (Lipinski definition) is 8. The van der Waals surface area contributed by atoms with Gasteiger partial charge in [0.15, 0.2) is 0 Å². The monoisotopic (exact) mass is 306 g/mol. The topological polar surface area (TPSA) is 159 Å². The zero-order valence-electron chi connectivity index (χ0n) is 11.7. The lowest BCUT2D eigenvalue weighted by molar-refractivity contribution is -0.371. The lowest BCUT2D eigenvalue weighted by Gasteiger charge is -2.47. The number of nitrogens with one attached hydrogen (secondary N) is 1. The van der Waals surface area contributed by atoms with E-state index in [1.165, 1.54) is 6.92 Å². The average molecular weight is 306 g/mol. The molecule has 0 aliphatic carbocycles. The molecule has 21 heavy (non-hydrogen) atoms. The van der Waals surface area contributed by atoms with Gasteiger partial charge < -0.3 is 40.4 Å². The highest BCUT2D eigenvalue weighted by Gasteiger charge is 2.49. The molecule has 9 heteroatoms. The predicted molar refractivity (Wildman–Crippen MR) is 65.3 cm³/mol. The second kappa shape index (κ2) is 6.67. The van der Waals surface area contributed by atoms with E-state index in [4.69, 9.17) is 9.84 Å². The summed E-state index contributed by atoms with van der Waals surface area (Å²) in [5.74, 6) is -5.57. The van der Waals surface area contributed by atoms with Crippen molar-refractivity contribution in [2.75, 3.05) is 6.61 Å². The van der Waals surface area contributed by atoms with Crippen molar-refractivity contribution in [3.05, 3.63) is 0 Å². The molecule has 1 heterocycles. The van der Waals surface area contributed by atoms with Crippen LogP contribution >= 0.6 is 0 Å². The molecular weight excluding hydrogens is 286 g/mol. The normalized spacial score (nSPS) is 35.8. The molecule has 6 atom stereocenters. The first-order chi connectivity index (χ1) is 9.62. The molecule has 5 N–H and O–H groups in total. The number of aliphatic carboxylic acids is 1. The summed E-state index contributed by atoms with van der Waals surface area (Å²) in [5.41, 5.74) is 0. The van der Waals surface area contributed by atoms with Crippen molar-refractivity contribution in [3.8, 4) is 0 Å². The molecule has 0 radical (unpaired) electrons. The summed E-state index contributed by atoms with van der Waals surface area (Å²) in [5, 5.41) is 51.7. The van der Waals surface area contributed by atoms with Gasteiger partial charge in [0.1, 0.15) is 24.3 Å². The molecule has 1 saturated heterocycles. The van der Waals surface area contributed by atoms with Crippen LogP contribution in [0.5, 0.6) is 0 Å². The number of ether oxygens (including phenoxy) is 1. The summed E-state index contributed by atoms with van der Waals surface area (Å²) in [6.45, 7) is 1.96. The largest absolute Gasteiger partial charge is 0.544 e. The predicted octanol–water partition coefficient (Wildman–Crippen LogP) is -3.93. The van der Waals surface area contributed by atoms with Gasteiger partial charge in [-0.2, -0.15) is 0 Å². The van der Waals surface area contributed by atoms with Crippen molar-refractivity contribution in [1.29, 1.82) is 0 Å². The van der Waals surface area contributed by atoms with E-state index < -0.39 is 54.5 Å². The molecule has 1 aliphatic rings. The van der Waals surface area contributed by atoms with Crippen molar-refractivity contribution in [1.82, 2.24) is 5.32 Å². The minimum atomic E-state index is -2.64. The van der Waals surface area contributed by atoms with Gasteiger partial charge in [-0.05, 0) is 5.92 Å². The van der Waals surface area contributed by atoms with Crippen LogP contribution in [0.15, 0.2) is 0 Å². The molecule has 9 nitrogen and oxygen atoms in total. The lowest BCUT2D eigenvalue weighted by atomic mass is 9.83. The van der Waals surface area contributed by atoms with Crippen LogP contribution in [0, 0.1) is 5.92 Å². The number of aliphatic hydroxyl groups is 4. The van der Waals surface area contributed by atoms with Gasteiger partial charge in [0.25, 0.3) is 0 Å². The molecule has 0 aromatic rings.